The third-order valence-electron chi connectivity index (χ3n) is 10.2. The summed E-state index contributed by atoms with van der Waals surface area (Å²) in [5.41, 5.74) is 10.7. The number of methoxy groups -OCH3 is 1. The average Bonchev–Trinajstić information content (AvgIpc) is 3.01. The molecule has 4 fully saturated rings. The molecule has 4 saturated carbocycles. The largest absolute Gasteiger partial charge is 0.496 e. The lowest BCUT2D eigenvalue weighted by molar-refractivity contribution is -0.124. The second-order valence-electron chi connectivity index (χ2n) is 14.2. The Morgan fingerprint density at radius 2 is 1.76 bits per heavy atom. The molecule has 6 heteroatoms. The standard InChI is InChI=1S/C36H50N4O2/c1-26-21-30(11-12-31(26)42-5)36-17-14-35(15-18-36,16-19-36)25-40(33(41)27-9-7-6-8-10-27)32-22-28(13-20-38-32)29(23-37)24-39-34(2,3)4/h11-13,20-24,27H,6-10,14-19,25,37H2,1-5H3/b29-23+,39-24?. The van der Waals surface area contributed by atoms with E-state index in [0.717, 1.165) is 74.2 Å². The topological polar surface area (TPSA) is 80.8 Å². The van der Waals surface area contributed by atoms with E-state index in [1.54, 1.807) is 13.3 Å². The first-order valence-corrected chi connectivity index (χ1v) is 16.0. The van der Waals surface area contributed by atoms with Gasteiger partial charge in [-0.3, -0.25) is 14.7 Å². The quantitative estimate of drug-likeness (QED) is 0.329. The van der Waals surface area contributed by atoms with Gasteiger partial charge < -0.3 is 10.5 Å². The molecule has 0 unspecified atom stereocenters. The lowest BCUT2D eigenvalue weighted by Crippen LogP contribution is -2.51. The number of aryl methyl sites for hydroxylation is 1. The molecule has 0 saturated heterocycles. The summed E-state index contributed by atoms with van der Waals surface area (Å²) in [5.74, 6) is 2.04. The molecule has 1 aromatic heterocycles. The molecule has 4 aliphatic carbocycles. The van der Waals surface area contributed by atoms with Crippen molar-refractivity contribution < 1.29 is 9.53 Å². The van der Waals surface area contributed by atoms with Crippen LogP contribution in [0.15, 0.2) is 47.7 Å². The number of pyridine rings is 1. The lowest BCUT2D eigenvalue weighted by atomic mass is 9.51. The molecule has 1 aromatic carbocycles. The summed E-state index contributed by atoms with van der Waals surface area (Å²) in [7, 11) is 1.74. The smallest absolute Gasteiger partial charge is 0.231 e. The van der Waals surface area contributed by atoms with Crippen molar-refractivity contribution in [2.24, 2.45) is 22.1 Å². The Labute approximate surface area is 252 Å². The number of anilines is 1. The Morgan fingerprint density at radius 1 is 1.07 bits per heavy atom. The Bertz CT molecular complexity index is 1310. The summed E-state index contributed by atoms with van der Waals surface area (Å²) >= 11 is 0. The molecule has 4 aliphatic rings. The number of aliphatic imine (C=N–C) groups is 1. The van der Waals surface area contributed by atoms with Gasteiger partial charge in [-0.2, -0.15) is 0 Å². The number of fused-ring (bicyclic) bond motifs is 3. The van der Waals surface area contributed by atoms with Crippen LogP contribution >= 0.6 is 0 Å². The lowest BCUT2D eigenvalue weighted by Gasteiger charge is -2.55. The summed E-state index contributed by atoms with van der Waals surface area (Å²) in [6.45, 7) is 9.09. The molecular formula is C36H50N4O2. The zero-order valence-electron chi connectivity index (χ0n) is 26.4. The van der Waals surface area contributed by atoms with Crippen molar-refractivity contribution in [3.63, 3.8) is 0 Å². The molecule has 6 nitrogen and oxygen atoms in total. The van der Waals surface area contributed by atoms with E-state index in [1.165, 1.54) is 36.8 Å². The number of benzene rings is 1. The van der Waals surface area contributed by atoms with Gasteiger partial charge in [0.25, 0.3) is 0 Å². The molecule has 1 amide bonds. The molecule has 0 atom stereocenters. The van der Waals surface area contributed by atoms with Crippen LogP contribution in [0.3, 0.4) is 0 Å². The van der Waals surface area contributed by atoms with E-state index in [2.05, 4.69) is 55.8 Å². The van der Waals surface area contributed by atoms with Crippen molar-refractivity contribution >= 4 is 23.5 Å². The van der Waals surface area contributed by atoms with Gasteiger partial charge in [-0.15, -0.1) is 0 Å². The summed E-state index contributed by atoms with van der Waals surface area (Å²) in [6.07, 6.45) is 17.6. The van der Waals surface area contributed by atoms with Crippen molar-refractivity contribution in [3.05, 3.63) is 59.4 Å². The number of hydrogen-bond donors (Lipinski definition) is 1. The van der Waals surface area contributed by atoms with Crippen LogP contribution in [0.2, 0.25) is 0 Å². The van der Waals surface area contributed by atoms with Crippen LogP contribution in [0.4, 0.5) is 5.82 Å². The minimum Gasteiger partial charge on any atom is -0.496 e. The van der Waals surface area contributed by atoms with Crippen molar-refractivity contribution in [2.45, 2.75) is 109 Å². The number of carbonyl (C=O) groups excluding carboxylic acids is 1. The zero-order chi connectivity index (χ0) is 30.0. The number of allylic oxidation sites excluding steroid dienone is 1. The Balaban J connectivity index is 1.41. The van der Waals surface area contributed by atoms with E-state index in [9.17, 15) is 4.79 Å². The third kappa shape index (κ3) is 6.43. The number of rotatable bonds is 8. The fourth-order valence-electron chi connectivity index (χ4n) is 7.54. The highest BCUT2D eigenvalue weighted by atomic mass is 16.5. The molecule has 0 aliphatic heterocycles. The number of amides is 1. The Kier molecular flexibility index (Phi) is 8.82. The summed E-state index contributed by atoms with van der Waals surface area (Å²) in [6, 6.07) is 10.8. The first kappa shape index (κ1) is 30.3. The molecule has 2 aromatic rings. The Hall–Kier alpha value is -3.15. The predicted molar refractivity (Wildman–Crippen MR) is 173 cm³/mol. The van der Waals surface area contributed by atoms with Gasteiger partial charge in [-0.25, -0.2) is 4.98 Å². The van der Waals surface area contributed by atoms with E-state index in [-0.39, 0.29) is 28.2 Å². The monoisotopic (exact) mass is 570 g/mol. The zero-order valence-corrected chi connectivity index (χ0v) is 26.4. The first-order chi connectivity index (χ1) is 20.1. The maximum absolute atomic E-state index is 14.2. The average molecular weight is 571 g/mol. The highest BCUT2D eigenvalue weighted by Crippen LogP contribution is 2.58. The van der Waals surface area contributed by atoms with Gasteiger partial charge in [-0.1, -0.05) is 31.4 Å². The first-order valence-electron chi connectivity index (χ1n) is 16.0. The minimum atomic E-state index is -0.200. The molecule has 0 spiro atoms. The van der Waals surface area contributed by atoms with Crippen molar-refractivity contribution in [3.8, 4) is 5.75 Å². The highest BCUT2D eigenvalue weighted by molar-refractivity contribution is 6.10. The molecule has 1 heterocycles. The second kappa shape index (κ2) is 12.2. The van der Waals surface area contributed by atoms with E-state index < -0.39 is 0 Å². The van der Waals surface area contributed by atoms with Crippen molar-refractivity contribution in [1.29, 1.82) is 0 Å². The van der Waals surface area contributed by atoms with Crippen LogP contribution < -0.4 is 15.4 Å². The van der Waals surface area contributed by atoms with Crippen LogP contribution in [0, 0.1) is 18.3 Å². The van der Waals surface area contributed by atoms with Crippen LogP contribution in [-0.4, -0.2) is 36.3 Å². The Morgan fingerprint density at radius 3 is 2.36 bits per heavy atom. The number of ether oxygens (including phenoxy) is 1. The van der Waals surface area contributed by atoms with Gasteiger partial charge in [0.15, 0.2) is 0 Å². The fraction of sp³-hybridized carbons (Fsp3) is 0.583. The minimum absolute atomic E-state index is 0.0844. The number of aromatic nitrogens is 1. The van der Waals surface area contributed by atoms with Crippen LogP contribution in [0.5, 0.6) is 5.75 Å². The van der Waals surface area contributed by atoms with E-state index in [4.69, 9.17) is 15.5 Å². The maximum atomic E-state index is 14.2. The normalized spacial score (nSPS) is 25.1. The maximum Gasteiger partial charge on any atom is 0.231 e. The van der Waals surface area contributed by atoms with Crippen LogP contribution in [-0.2, 0) is 10.2 Å². The number of carbonyl (C=O) groups is 1. The summed E-state index contributed by atoms with van der Waals surface area (Å²) in [5, 5.41) is 0. The van der Waals surface area contributed by atoms with E-state index in [1.807, 2.05) is 24.5 Å². The van der Waals surface area contributed by atoms with Crippen molar-refractivity contribution in [2.75, 3.05) is 18.6 Å². The number of nitrogens with two attached hydrogens (primary N) is 1. The van der Waals surface area contributed by atoms with Gasteiger partial charge in [0.2, 0.25) is 5.91 Å². The van der Waals surface area contributed by atoms with Gasteiger partial charge in [0.1, 0.15) is 11.6 Å². The van der Waals surface area contributed by atoms with E-state index >= 15 is 0 Å². The fourth-order valence-corrected chi connectivity index (χ4v) is 7.54. The van der Waals surface area contributed by atoms with Crippen LogP contribution in [0.25, 0.3) is 5.57 Å². The molecule has 2 bridgehead atoms. The second-order valence-corrected chi connectivity index (χ2v) is 14.2. The highest BCUT2D eigenvalue weighted by Gasteiger charge is 2.50. The van der Waals surface area contributed by atoms with Crippen molar-refractivity contribution in [1.82, 2.24) is 4.98 Å². The predicted octanol–water partition coefficient (Wildman–Crippen LogP) is 7.77. The summed E-state index contributed by atoms with van der Waals surface area (Å²) in [4.78, 5) is 25.8. The molecule has 6 rings (SSSR count). The molecule has 0 radical (unpaired) electrons. The van der Waals surface area contributed by atoms with Gasteiger partial charge in [0, 0.05) is 36.6 Å². The molecular weight excluding hydrogens is 520 g/mol. The molecule has 2 N–H and O–H groups in total. The molecule has 226 valence electrons. The molecule has 42 heavy (non-hydrogen) atoms. The third-order valence-corrected chi connectivity index (χ3v) is 10.2. The van der Waals surface area contributed by atoms with Crippen LogP contribution in [0.1, 0.15) is 108 Å². The number of nitrogens with zero attached hydrogens (tertiary/aromatic N) is 3. The number of hydrogen-bond acceptors (Lipinski definition) is 5. The SMILES string of the molecule is COc1ccc(C23CCC(CN(C(=O)C4CCCCC4)c4cc(/C(C=NC(C)(C)C)=C/N)ccn4)(CC2)CC3)cc1C. The van der Waals surface area contributed by atoms with Gasteiger partial charge in [-0.05, 0) is 125 Å². The van der Waals surface area contributed by atoms with E-state index in [0.29, 0.717) is 0 Å². The van der Waals surface area contributed by atoms with Gasteiger partial charge >= 0.3 is 0 Å². The van der Waals surface area contributed by atoms with Gasteiger partial charge in [0.05, 0.1) is 12.6 Å². The summed E-state index contributed by atoms with van der Waals surface area (Å²) < 4.78 is 5.54.